The van der Waals surface area contributed by atoms with Gasteiger partial charge in [0.05, 0.1) is 0 Å². The Hall–Kier alpha value is -1.24. The Labute approximate surface area is 80.5 Å². The molecule has 0 aliphatic heterocycles. The summed E-state index contributed by atoms with van der Waals surface area (Å²) in [5.74, 6) is 0. The molecule has 1 aromatic carbocycles. The van der Waals surface area contributed by atoms with Crippen LogP contribution in [0.5, 0.6) is 0 Å². The first-order valence-corrected chi connectivity index (χ1v) is 4.66. The van der Waals surface area contributed by atoms with Crippen LogP contribution in [0.2, 0.25) is 0 Å². The Morgan fingerprint density at radius 3 is 2.69 bits per heavy atom. The maximum absolute atomic E-state index is 4.05. The van der Waals surface area contributed by atoms with Crippen molar-refractivity contribution in [2.75, 3.05) is 12.4 Å². The molecular formula is C12H17N. The highest BCUT2D eigenvalue weighted by molar-refractivity contribution is 5.76. The number of aryl methyl sites for hydroxylation is 1. The molecule has 1 heteroatoms. The van der Waals surface area contributed by atoms with Gasteiger partial charge in [-0.3, -0.25) is 0 Å². The summed E-state index contributed by atoms with van der Waals surface area (Å²) in [7, 11) is 1.95. The van der Waals surface area contributed by atoms with Crippen molar-refractivity contribution in [2.45, 2.75) is 20.3 Å². The molecule has 13 heavy (non-hydrogen) atoms. The lowest BCUT2D eigenvalue weighted by Gasteiger charge is -2.12. The molecule has 0 fully saturated rings. The normalized spacial score (nSPS) is 9.77. The molecule has 0 unspecified atom stereocenters. The quantitative estimate of drug-likeness (QED) is 0.741. The summed E-state index contributed by atoms with van der Waals surface area (Å²) in [5, 5.41) is 3.22. The van der Waals surface area contributed by atoms with E-state index in [1.165, 1.54) is 22.4 Å². The van der Waals surface area contributed by atoms with Crippen LogP contribution >= 0.6 is 0 Å². The highest BCUT2D eigenvalue weighted by Crippen LogP contribution is 2.27. The lowest BCUT2D eigenvalue weighted by Crippen LogP contribution is -1.96. The van der Waals surface area contributed by atoms with Crippen LogP contribution < -0.4 is 5.32 Å². The monoisotopic (exact) mass is 175 g/mol. The molecule has 0 aliphatic rings. The maximum Gasteiger partial charge on any atom is 0.0443 e. The van der Waals surface area contributed by atoms with Gasteiger partial charge in [-0.1, -0.05) is 31.7 Å². The van der Waals surface area contributed by atoms with Crippen molar-refractivity contribution in [2.24, 2.45) is 0 Å². The standard InChI is InChI=1S/C12H17N/c1-5-9(2)11-8-6-7-10(3)12(11)13-4/h6-8,13H,2,5H2,1,3-4H3. The summed E-state index contributed by atoms with van der Waals surface area (Å²) in [6.07, 6.45) is 0.998. The van der Waals surface area contributed by atoms with E-state index >= 15 is 0 Å². The molecule has 1 nitrogen and oxygen atoms in total. The third-order valence-corrected chi connectivity index (χ3v) is 2.33. The molecule has 1 aromatic rings. The van der Waals surface area contributed by atoms with Gasteiger partial charge >= 0.3 is 0 Å². The first-order chi connectivity index (χ1) is 6.20. The third kappa shape index (κ3) is 1.92. The Kier molecular flexibility index (Phi) is 3.13. The average molecular weight is 175 g/mol. The second-order valence-corrected chi connectivity index (χ2v) is 3.20. The molecule has 0 saturated heterocycles. The zero-order chi connectivity index (χ0) is 9.84. The fourth-order valence-corrected chi connectivity index (χ4v) is 1.48. The predicted molar refractivity (Wildman–Crippen MR) is 60.1 cm³/mol. The number of nitrogens with one attached hydrogen (secondary N) is 1. The summed E-state index contributed by atoms with van der Waals surface area (Å²) in [6.45, 7) is 8.29. The van der Waals surface area contributed by atoms with E-state index in [0.717, 1.165) is 6.42 Å². The van der Waals surface area contributed by atoms with Gasteiger partial charge in [-0.15, -0.1) is 0 Å². The molecule has 1 rings (SSSR count). The predicted octanol–water partition coefficient (Wildman–Crippen LogP) is 3.46. The van der Waals surface area contributed by atoms with Crippen LogP contribution in [0, 0.1) is 6.92 Å². The Morgan fingerprint density at radius 1 is 1.46 bits per heavy atom. The summed E-state index contributed by atoms with van der Waals surface area (Å²) < 4.78 is 0. The zero-order valence-electron chi connectivity index (χ0n) is 8.65. The SMILES string of the molecule is C=C(CC)c1cccc(C)c1NC. The summed E-state index contributed by atoms with van der Waals surface area (Å²) >= 11 is 0. The maximum atomic E-state index is 4.05. The Bertz CT molecular complexity index is 313. The molecule has 0 bridgehead atoms. The first kappa shape index (κ1) is 9.85. The van der Waals surface area contributed by atoms with E-state index in [1.807, 2.05) is 7.05 Å². The van der Waals surface area contributed by atoms with Crippen LogP contribution in [0.4, 0.5) is 5.69 Å². The average Bonchev–Trinajstić information content (AvgIpc) is 2.16. The Morgan fingerprint density at radius 2 is 2.15 bits per heavy atom. The minimum atomic E-state index is 0.998. The fourth-order valence-electron chi connectivity index (χ4n) is 1.48. The molecule has 0 atom stereocenters. The van der Waals surface area contributed by atoms with Crippen LogP contribution in [0.15, 0.2) is 24.8 Å². The summed E-state index contributed by atoms with van der Waals surface area (Å²) in [5.41, 5.74) is 4.90. The van der Waals surface area contributed by atoms with E-state index in [1.54, 1.807) is 0 Å². The second kappa shape index (κ2) is 4.13. The van der Waals surface area contributed by atoms with Gasteiger partial charge in [0.15, 0.2) is 0 Å². The lowest BCUT2D eigenvalue weighted by atomic mass is 10.0. The van der Waals surface area contributed by atoms with Gasteiger partial charge in [-0.05, 0) is 24.5 Å². The smallest absolute Gasteiger partial charge is 0.0443 e. The van der Waals surface area contributed by atoms with Crippen molar-refractivity contribution in [1.82, 2.24) is 0 Å². The number of benzene rings is 1. The second-order valence-electron chi connectivity index (χ2n) is 3.20. The molecule has 0 radical (unpaired) electrons. The number of rotatable bonds is 3. The van der Waals surface area contributed by atoms with Crippen molar-refractivity contribution >= 4 is 11.3 Å². The molecule has 0 heterocycles. The highest BCUT2D eigenvalue weighted by atomic mass is 14.8. The topological polar surface area (TPSA) is 12.0 Å². The molecule has 0 aliphatic carbocycles. The van der Waals surface area contributed by atoms with Gasteiger partial charge < -0.3 is 5.32 Å². The van der Waals surface area contributed by atoms with E-state index in [4.69, 9.17) is 0 Å². The van der Waals surface area contributed by atoms with Crippen LogP contribution in [0.3, 0.4) is 0 Å². The number of allylic oxidation sites excluding steroid dienone is 1. The zero-order valence-corrected chi connectivity index (χ0v) is 8.65. The van der Waals surface area contributed by atoms with Gasteiger partial charge in [0.1, 0.15) is 0 Å². The largest absolute Gasteiger partial charge is 0.387 e. The van der Waals surface area contributed by atoms with Gasteiger partial charge in [0.25, 0.3) is 0 Å². The summed E-state index contributed by atoms with van der Waals surface area (Å²) in [6, 6.07) is 6.30. The number of hydrogen-bond donors (Lipinski definition) is 1. The van der Waals surface area contributed by atoms with E-state index in [2.05, 4.69) is 43.9 Å². The van der Waals surface area contributed by atoms with Gasteiger partial charge in [-0.25, -0.2) is 0 Å². The van der Waals surface area contributed by atoms with Crippen molar-refractivity contribution in [3.63, 3.8) is 0 Å². The van der Waals surface area contributed by atoms with Gasteiger partial charge in [0.2, 0.25) is 0 Å². The van der Waals surface area contributed by atoms with Crippen LogP contribution in [-0.4, -0.2) is 7.05 Å². The van der Waals surface area contributed by atoms with Crippen molar-refractivity contribution in [1.29, 1.82) is 0 Å². The summed E-state index contributed by atoms with van der Waals surface area (Å²) in [4.78, 5) is 0. The van der Waals surface area contributed by atoms with Crippen molar-refractivity contribution < 1.29 is 0 Å². The molecule has 70 valence electrons. The van der Waals surface area contributed by atoms with Crippen LogP contribution in [0.25, 0.3) is 5.57 Å². The minimum absolute atomic E-state index is 0.998. The van der Waals surface area contributed by atoms with Gasteiger partial charge in [0, 0.05) is 18.3 Å². The van der Waals surface area contributed by atoms with Crippen LogP contribution in [-0.2, 0) is 0 Å². The highest BCUT2D eigenvalue weighted by Gasteiger charge is 2.04. The van der Waals surface area contributed by atoms with E-state index < -0.39 is 0 Å². The minimum Gasteiger partial charge on any atom is -0.387 e. The molecule has 0 spiro atoms. The molecule has 0 amide bonds. The van der Waals surface area contributed by atoms with E-state index in [9.17, 15) is 0 Å². The molecule has 0 aromatic heterocycles. The van der Waals surface area contributed by atoms with Crippen LogP contribution in [0.1, 0.15) is 24.5 Å². The van der Waals surface area contributed by atoms with Crippen molar-refractivity contribution in [3.8, 4) is 0 Å². The first-order valence-electron chi connectivity index (χ1n) is 4.66. The molecular weight excluding hydrogens is 158 g/mol. The lowest BCUT2D eigenvalue weighted by molar-refractivity contribution is 1.24. The van der Waals surface area contributed by atoms with E-state index in [-0.39, 0.29) is 0 Å². The third-order valence-electron chi connectivity index (χ3n) is 2.33. The number of anilines is 1. The van der Waals surface area contributed by atoms with E-state index in [0.29, 0.717) is 0 Å². The number of para-hydroxylation sites is 1. The molecule has 1 N–H and O–H groups in total. The fraction of sp³-hybridized carbons (Fsp3) is 0.333. The van der Waals surface area contributed by atoms with Gasteiger partial charge in [-0.2, -0.15) is 0 Å². The van der Waals surface area contributed by atoms with Crippen molar-refractivity contribution in [3.05, 3.63) is 35.9 Å². The number of hydrogen-bond acceptors (Lipinski definition) is 1. The molecule has 0 saturated carbocycles. The Balaban J connectivity index is 3.20.